The fraction of sp³-hybridized carbons (Fsp3) is 0.404. The molecule has 9 fully saturated rings. The third kappa shape index (κ3) is 23.1. The van der Waals surface area contributed by atoms with E-state index in [0.29, 0.717) is 75.4 Å². The molecule has 4 saturated heterocycles. The molecule has 147 heavy (non-hydrogen) atoms. The van der Waals surface area contributed by atoms with Crippen molar-refractivity contribution in [2.75, 3.05) is 7.05 Å². The van der Waals surface area contributed by atoms with Crippen LogP contribution in [0.15, 0.2) is 224 Å². The average molecular weight is 2080 g/mol. The Morgan fingerprint density at radius 3 is 0.905 bits per heavy atom. The minimum absolute atomic E-state index is 0.182. The fourth-order valence-electron chi connectivity index (χ4n) is 20.6. The minimum atomic E-state index is -1.39. The van der Waals surface area contributed by atoms with Crippen LogP contribution in [0.4, 0.5) is 0 Å². The van der Waals surface area contributed by atoms with E-state index < -0.39 is 123 Å². The Balaban J connectivity index is 0.000000121. The largest absolute Gasteiger partial charge is 0.388 e. The van der Waals surface area contributed by atoms with Crippen LogP contribution in [0, 0.1) is 6.92 Å². The molecule has 15 aromatic rings. The molecule has 12 N–H and O–H groups in total. The number of ether oxygens (including phenoxy) is 4. The first-order valence-electron chi connectivity index (χ1n) is 49.4. The summed E-state index contributed by atoms with van der Waals surface area (Å²) in [5.41, 5.74) is 19.1. The van der Waals surface area contributed by atoms with Crippen LogP contribution < -0.4 is 0 Å². The van der Waals surface area contributed by atoms with Crippen molar-refractivity contribution in [3.63, 3.8) is 0 Å². The van der Waals surface area contributed by atoms with E-state index in [2.05, 4.69) is 133 Å². The van der Waals surface area contributed by atoms with Gasteiger partial charge in [-0.15, -0.1) is 15.3 Å². The molecule has 24 rings (SSSR count). The van der Waals surface area contributed by atoms with Crippen LogP contribution in [0.2, 0.25) is 20.1 Å². The van der Waals surface area contributed by atoms with Crippen LogP contribution in [-0.2, 0) is 83.4 Å². The van der Waals surface area contributed by atoms with Crippen LogP contribution >= 0.6 is 46.4 Å². The van der Waals surface area contributed by atoms with Crippen molar-refractivity contribution >= 4 is 109 Å². The molecule has 11 heterocycles. The summed E-state index contributed by atoms with van der Waals surface area (Å²) in [5.74, 6) is 3.29. The van der Waals surface area contributed by atoms with Crippen molar-refractivity contribution in [2.24, 2.45) is 4.99 Å². The fourth-order valence-corrected chi connectivity index (χ4v) is 21.8. The highest BCUT2D eigenvalue weighted by molar-refractivity contribution is 6.37. The van der Waals surface area contributed by atoms with E-state index >= 15 is 0 Å². The number of halogens is 4. The van der Waals surface area contributed by atoms with E-state index in [1.165, 1.54) is 107 Å². The zero-order chi connectivity index (χ0) is 103. The summed E-state index contributed by atoms with van der Waals surface area (Å²) in [5, 5.41) is 159. The lowest BCUT2D eigenvalue weighted by Gasteiger charge is -2.41. The van der Waals surface area contributed by atoms with Crippen LogP contribution in [0.5, 0.6) is 0 Å². The molecule has 8 aromatic carbocycles. The SMILES string of the molecule is CN=C[C@H]1O[C@@H](n2cc(Cc3ccc(C4CC4)cc3)c3c(Cl)cccc32)[C@H](O)[C@@H](O)[C@@H]1O.Cc1cn(C[C@H]2O[C@@H](n3cc(Cc4ccc(C5CC5)cc4)c4c(Cl)cccc43)[C@H](O)[C@@H](O)[C@@H]2O)nn1.O=C=O.O=C=O.O[C@@H]1[C@@H](O)[C@H](n2cc(Cc3ccc(C4CC4)cc3)c3c(Cl)cccc32)O[C@H](Cn2cc(C3CC3)nn2)[C@H]1O.O[C@@H]1[C@@H](O)[C@H](n2cc(Cc3ccc(C4CC4)cc3)c3c(Cl)cccc32)O[C@H](Cn2ccnn2)[C@H]1O. The number of aliphatic imine (C=N–C) groups is 1. The molecule has 768 valence electrons. The van der Waals surface area contributed by atoms with Gasteiger partial charge in [0, 0.05) is 84.1 Å². The highest BCUT2D eigenvalue weighted by Crippen LogP contribution is 2.48. The number of nitrogens with zero attached hydrogens (tertiary/aromatic N) is 14. The lowest BCUT2D eigenvalue weighted by Crippen LogP contribution is -2.56. The summed E-state index contributed by atoms with van der Waals surface area (Å²) in [6.45, 7) is 2.39. The second kappa shape index (κ2) is 45.4. The number of aliphatic hydroxyl groups excluding tert-OH is 12. The zero-order valence-electron chi connectivity index (χ0n) is 80.2. The van der Waals surface area contributed by atoms with Gasteiger partial charge in [0.15, 0.2) is 24.9 Å². The van der Waals surface area contributed by atoms with Gasteiger partial charge in [0.05, 0.1) is 79.4 Å². The first kappa shape index (κ1) is 104. The Kier molecular flexibility index (Phi) is 32.1. The molecule has 7 aromatic heterocycles. The lowest BCUT2D eigenvalue weighted by molar-refractivity contribution is -0.247. The highest BCUT2D eigenvalue weighted by atomic mass is 35.5. The summed E-state index contributed by atoms with van der Waals surface area (Å²) >= 11 is 26.6. The van der Waals surface area contributed by atoms with E-state index in [1.807, 2.05) is 124 Å². The van der Waals surface area contributed by atoms with Crippen molar-refractivity contribution < 1.29 is 99.4 Å². The number of hydrogen-bond acceptors (Lipinski definition) is 27. The first-order valence-corrected chi connectivity index (χ1v) is 50.9. The molecule has 4 aliphatic heterocycles. The third-order valence-electron chi connectivity index (χ3n) is 29.1. The van der Waals surface area contributed by atoms with E-state index in [4.69, 9.17) is 84.5 Å². The van der Waals surface area contributed by atoms with E-state index in [0.717, 1.165) is 95.7 Å². The van der Waals surface area contributed by atoms with Gasteiger partial charge < -0.3 is 98.5 Å². The van der Waals surface area contributed by atoms with Gasteiger partial charge in [-0.05, 0) is 236 Å². The van der Waals surface area contributed by atoms with Crippen LogP contribution in [0.1, 0.15) is 197 Å². The van der Waals surface area contributed by atoms with Gasteiger partial charge in [-0.3, -0.25) is 4.99 Å². The number of fused-ring (bicyclic) bond motifs is 4. The Labute approximate surface area is 864 Å². The standard InChI is InChI=1S/C29H31ClN4O4.C27H29ClN4O4.C26H27ClN4O4.C25H27ClN2O4.2CO2/c30-21-2-1-3-23-25(21)20(12-16-4-6-17(7-5-16)18-8-9-18)13-34(23)29-28(37)27(36)26(35)24(38-29)15-33-14-22(31-32-33)19-10-11-19;1-15-12-31(30-29-15)14-22-24(33)25(34)26(35)27(36-22)32-13-19(23-20(28)3-2-4-21(23)32)11-16-5-7-17(8-6-16)18-9-10-18;27-19-2-1-3-20-22(19)18(12-15-4-6-16(7-5-15)17-8-9-17)13-31(20)26-25(34)24(33)23(32)21(35-26)14-30-11-10-28-29-30;1-27-12-20-22(29)23(30)24(31)25(32-20)28-13-17(21-18(26)3-2-4-19(21)28)11-14-5-7-15(8-6-14)16-9-10-16;2*2-1-3/h1-7,13-14,18-19,24,26-29,35-37H,8-12,15H2;2-8,12-13,18,22,24-27,33-35H,9-11,14H2,1H3;1-7,10-11,13,17,21,23-26,32-34H,8-9,12,14H2;2-8,12-13,16,20,22-25,29-31H,9-11H2,1H3;;/t24-,26-,27+,28-,29-;22-,24-,25+,26-,27-;21-,23-,24+,25-,26-;20-,22-,23+,24-,25-;;/m1111../s1. The maximum atomic E-state index is 11.0. The van der Waals surface area contributed by atoms with Crippen molar-refractivity contribution in [3.8, 4) is 0 Å². The maximum Gasteiger partial charge on any atom is 0.373 e. The third-order valence-corrected chi connectivity index (χ3v) is 30.4. The van der Waals surface area contributed by atoms with Gasteiger partial charge in [0.2, 0.25) is 0 Å². The molecule has 0 radical (unpaired) electrons. The average Bonchev–Trinajstić information content (AvgIpc) is 1.62. The van der Waals surface area contributed by atoms with Crippen LogP contribution in [0.25, 0.3) is 43.6 Å². The monoisotopic (exact) mass is 2080 g/mol. The van der Waals surface area contributed by atoms with Crippen LogP contribution in [-0.4, -0.2) is 248 Å². The number of hydrogen-bond donors (Lipinski definition) is 12. The molecule has 20 atom stereocenters. The molecule has 0 bridgehead atoms. The molecule has 38 heteroatoms. The summed E-state index contributed by atoms with van der Waals surface area (Å²) < 4.78 is 36.6. The minimum Gasteiger partial charge on any atom is -0.388 e. The normalized spacial score (nSPS) is 26.4. The lowest BCUT2D eigenvalue weighted by atomic mass is 9.97. The van der Waals surface area contributed by atoms with E-state index in [1.54, 1.807) is 33.4 Å². The van der Waals surface area contributed by atoms with Gasteiger partial charge in [-0.1, -0.05) is 183 Å². The molecule has 0 unspecified atom stereocenters. The van der Waals surface area contributed by atoms with Gasteiger partial charge in [-0.25, -0.2) is 14.0 Å². The number of benzene rings is 8. The second-order valence-corrected chi connectivity index (χ2v) is 41.2. The number of carbonyl (C=O) groups excluding carboxylic acids is 4. The predicted octanol–water partition coefficient (Wildman–Crippen LogP) is 12.6. The van der Waals surface area contributed by atoms with Crippen molar-refractivity contribution in [3.05, 3.63) is 318 Å². The second-order valence-electron chi connectivity index (χ2n) is 39.5. The first-order chi connectivity index (χ1) is 71.1. The summed E-state index contributed by atoms with van der Waals surface area (Å²) in [4.78, 5) is 36.4. The Bertz CT molecular complexity index is 7160. The quantitative estimate of drug-likeness (QED) is 0.0250. The van der Waals surface area contributed by atoms with Crippen molar-refractivity contribution in [1.29, 1.82) is 0 Å². The van der Waals surface area contributed by atoms with Crippen LogP contribution in [0.3, 0.4) is 0 Å². The van der Waals surface area contributed by atoms with Gasteiger partial charge >= 0.3 is 12.3 Å². The predicted molar refractivity (Wildman–Crippen MR) is 542 cm³/mol. The number of aryl methyl sites for hydroxylation is 1. The molecular formula is C109H114Cl4N14O20. The summed E-state index contributed by atoms with van der Waals surface area (Å²) in [6.07, 6.45) is 8.65. The number of aromatic nitrogens is 13. The smallest absolute Gasteiger partial charge is 0.373 e. The highest BCUT2D eigenvalue weighted by Gasteiger charge is 2.50. The van der Waals surface area contributed by atoms with Gasteiger partial charge in [0.1, 0.15) is 97.7 Å². The summed E-state index contributed by atoms with van der Waals surface area (Å²) in [7, 11) is 1.57. The molecule has 5 saturated carbocycles. The molecule has 0 spiro atoms. The van der Waals surface area contributed by atoms with Gasteiger partial charge in [0.25, 0.3) is 0 Å². The zero-order valence-corrected chi connectivity index (χ0v) is 83.2. The van der Waals surface area contributed by atoms with Crippen molar-refractivity contribution in [1.82, 2.24) is 63.3 Å². The maximum absolute atomic E-state index is 11.0. The summed E-state index contributed by atoms with van der Waals surface area (Å²) in [6, 6.07) is 57.4. The molecular weight excluding hydrogens is 1970 g/mol. The molecule has 34 nitrogen and oxygen atoms in total. The number of rotatable bonds is 24. The van der Waals surface area contributed by atoms with E-state index in [9.17, 15) is 61.3 Å². The molecule has 9 aliphatic rings. The van der Waals surface area contributed by atoms with Crippen molar-refractivity contribution in [2.45, 2.75) is 269 Å². The topological polar surface area (TPSA) is 472 Å². The molecule has 0 amide bonds. The Morgan fingerprint density at radius 1 is 0.340 bits per heavy atom. The van der Waals surface area contributed by atoms with Gasteiger partial charge in [-0.2, -0.15) is 19.2 Å². The Morgan fingerprint density at radius 2 is 0.626 bits per heavy atom. The molecule has 5 aliphatic carbocycles. The Hall–Kier alpha value is -11.7. The number of aliphatic hydroxyl groups is 12. The van der Waals surface area contributed by atoms with E-state index in [-0.39, 0.29) is 31.9 Å².